The number of esters is 1. The zero-order valence-electron chi connectivity index (χ0n) is 16.6. The molecule has 0 bridgehead atoms. The van der Waals surface area contributed by atoms with Gasteiger partial charge in [-0.2, -0.15) is 5.10 Å². The number of carboxylic acid groups (broad SMARTS) is 1. The van der Waals surface area contributed by atoms with Gasteiger partial charge in [-0.05, 0) is 43.4 Å². The van der Waals surface area contributed by atoms with Crippen LogP contribution in [0.4, 0.5) is 5.69 Å². The number of aromatic carboxylic acids is 1. The lowest BCUT2D eigenvalue weighted by Gasteiger charge is -2.17. The summed E-state index contributed by atoms with van der Waals surface area (Å²) in [7, 11) is 0. The fourth-order valence-electron chi connectivity index (χ4n) is 2.70. The van der Waals surface area contributed by atoms with Crippen molar-refractivity contribution in [2.24, 2.45) is 0 Å². The molecule has 1 amide bonds. The van der Waals surface area contributed by atoms with Gasteiger partial charge in [0.2, 0.25) is 5.91 Å². The summed E-state index contributed by atoms with van der Waals surface area (Å²) >= 11 is 0. The normalized spacial score (nSPS) is 10.7. The molecular formula is C20H26N4O5. The van der Waals surface area contributed by atoms with Crippen LogP contribution in [0.15, 0.2) is 36.5 Å². The van der Waals surface area contributed by atoms with Crippen molar-refractivity contribution in [1.29, 1.82) is 0 Å². The monoisotopic (exact) mass is 402 g/mol. The molecule has 1 aromatic heterocycles. The van der Waals surface area contributed by atoms with Gasteiger partial charge in [-0.3, -0.25) is 9.48 Å². The predicted molar refractivity (Wildman–Crippen MR) is 107 cm³/mol. The van der Waals surface area contributed by atoms with Crippen LogP contribution in [0.1, 0.15) is 41.1 Å². The van der Waals surface area contributed by atoms with Crippen LogP contribution >= 0.6 is 0 Å². The van der Waals surface area contributed by atoms with E-state index in [1.54, 1.807) is 24.3 Å². The maximum absolute atomic E-state index is 12.1. The van der Waals surface area contributed by atoms with E-state index < -0.39 is 11.9 Å². The Morgan fingerprint density at radius 1 is 1.14 bits per heavy atom. The summed E-state index contributed by atoms with van der Waals surface area (Å²) in [6.07, 6.45) is 1.44. The van der Waals surface area contributed by atoms with Crippen LogP contribution < -0.4 is 5.32 Å². The van der Waals surface area contributed by atoms with Crippen molar-refractivity contribution < 1.29 is 24.2 Å². The van der Waals surface area contributed by atoms with Gasteiger partial charge in [-0.1, -0.05) is 13.8 Å². The van der Waals surface area contributed by atoms with Crippen LogP contribution in [0.2, 0.25) is 0 Å². The van der Waals surface area contributed by atoms with Crippen molar-refractivity contribution in [3.63, 3.8) is 0 Å². The maximum atomic E-state index is 12.1. The number of hydrogen-bond acceptors (Lipinski definition) is 6. The minimum absolute atomic E-state index is 0.0293. The van der Waals surface area contributed by atoms with Crippen LogP contribution in [0, 0.1) is 0 Å². The number of carbonyl (C=O) groups is 3. The molecule has 0 saturated heterocycles. The van der Waals surface area contributed by atoms with E-state index in [9.17, 15) is 14.4 Å². The summed E-state index contributed by atoms with van der Waals surface area (Å²) < 4.78 is 6.53. The van der Waals surface area contributed by atoms with Crippen molar-refractivity contribution in [2.45, 2.75) is 26.8 Å². The Balaban J connectivity index is 1.80. The third-order valence-corrected chi connectivity index (χ3v) is 4.43. The van der Waals surface area contributed by atoms with E-state index in [1.807, 2.05) is 0 Å². The third kappa shape index (κ3) is 6.72. The van der Waals surface area contributed by atoms with Gasteiger partial charge in [0, 0.05) is 24.8 Å². The molecule has 0 aliphatic rings. The molecule has 0 fully saturated rings. The van der Waals surface area contributed by atoms with E-state index in [-0.39, 0.29) is 24.6 Å². The van der Waals surface area contributed by atoms with E-state index >= 15 is 0 Å². The molecule has 0 atom stereocenters. The number of carbonyl (C=O) groups excluding carboxylic acids is 2. The number of benzene rings is 1. The van der Waals surface area contributed by atoms with E-state index in [1.165, 1.54) is 16.9 Å². The Labute approximate surface area is 169 Å². The minimum Gasteiger partial charge on any atom is -0.477 e. The first kappa shape index (κ1) is 22.1. The van der Waals surface area contributed by atoms with E-state index in [0.717, 1.165) is 13.1 Å². The molecule has 0 saturated carbocycles. The highest BCUT2D eigenvalue weighted by Gasteiger charge is 2.12. The second-order valence-electron chi connectivity index (χ2n) is 6.28. The number of amides is 1. The molecule has 9 heteroatoms. The van der Waals surface area contributed by atoms with Crippen LogP contribution in [-0.4, -0.2) is 63.9 Å². The smallest absolute Gasteiger partial charge is 0.354 e. The highest BCUT2D eigenvalue weighted by atomic mass is 16.5. The van der Waals surface area contributed by atoms with Gasteiger partial charge in [0.15, 0.2) is 0 Å². The number of ether oxygens (including phenoxy) is 1. The van der Waals surface area contributed by atoms with Gasteiger partial charge in [-0.15, -0.1) is 0 Å². The van der Waals surface area contributed by atoms with Gasteiger partial charge in [-0.25, -0.2) is 9.59 Å². The van der Waals surface area contributed by atoms with Crippen molar-refractivity contribution in [3.8, 4) is 0 Å². The molecule has 1 aromatic carbocycles. The maximum Gasteiger partial charge on any atom is 0.354 e. The Bertz CT molecular complexity index is 828. The van der Waals surface area contributed by atoms with Crippen LogP contribution in [-0.2, 0) is 16.1 Å². The molecule has 2 rings (SSSR count). The van der Waals surface area contributed by atoms with E-state index in [0.29, 0.717) is 24.4 Å². The summed E-state index contributed by atoms with van der Waals surface area (Å²) in [4.78, 5) is 37.3. The topological polar surface area (TPSA) is 114 Å². The summed E-state index contributed by atoms with van der Waals surface area (Å²) in [6, 6.07) is 7.79. The number of rotatable bonds is 11. The van der Waals surface area contributed by atoms with Gasteiger partial charge >= 0.3 is 11.9 Å². The van der Waals surface area contributed by atoms with Crippen LogP contribution in [0.5, 0.6) is 0 Å². The van der Waals surface area contributed by atoms with Gasteiger partial charge < -0.3 is 20.1 Å². The van der Waals surface area contributed by atoms with Crippen LogP contribution in [0.3, 0.4) is 0 Å². The fourth-order valence-corrected chi connectivity index (χ4v) is 2.70. The first-order valence-electron chi connectivity index (χ1n) is 9.49. The van der Waals surface area contributed by atoms with Crippen molar-refractivity contribution in [1.82, 2.24) is 14.7 Å². The number of aromatic nitrogens is 2. The first-order chi connectivity index (χ1) is 13.9. The Hall–Kier alpha value is -3.20. The SMILES string of the molecule is CCN(CC)CCOC(=O)c1ccc(NC(=O)CCn2nccc2C(=O)O)cc1. The second kappa shape index (κ2) is 11.0. The van der Waals surface area contributed by atoms with Crippen LogP contribution in [0.25, 0.3) is 0 Å². The molecule has 29 heavy (non-hydrogen) atoms. The number of aryl methyl sites for hydroxylation is 1. The molecule has 0 radical (unpaired) electrons. The summed E-state index contributed by atoms with van der Waals surface area (Å²) in [5, 5.41) is 15.6. The standard InChI is InChI=1S/C20H26N4O5/c1-3-23(4-2)13-14-29-20(28)15-5-7-16(8-6-15)22-18(25)10-12-24-17(19(26)27)9-11-21-24/h5-9,11H,3-4,10,12-14H2,1-2H3,(H,22,25)(H,26,27). The third-order valence-electron chi connectivity index (χ3n) is 4.43. The van der Waals surface area contributed by atoms with Crippen molar-refractivity contribution in [3.05, 3.63) is 47.8 Å². The van der Waals surface area contributed by atoms with Crippen molar-refractivity contribution >= 4 is 23.5 Å². The van der Waals surface area contributed by atoms with Gasteiger partial charge in [0.25, 0.3) is 0 Å². The summed E-state index contributed by atoms with van der Waals surface area (Å²) in [6.45, 7) is 7.08. The quantitative estimate of drug-likeness (QED) is 0.553. The average Bonchev–Trinajstić information content (AvgIpc) is 3.19. The molecule has 0 unspecified atom stereocenters. The summed E-state index contributed by atoms with van der Waals surface area (Å²) in [5.41, 5.74) is 0.973. The fraction of sp³-hybridized carbons (Fsp3) is 0.400. The zero-order chi connectivity index (χ0) is 21.2. The predicted octanol–water partition coefficient (Wildman–Crippen LogP) is 2.11. The Morgan fingerprint density at radius 3 is 2.45 bits per heavy atom. The number of anilines is 1. The molecule has 9 nitrogen and oxygen atoms in total. The first-order valence-corrected chi connectivity index (χ1v) is 9.49. The second-order valence-corrected chi connectivity index (χ2v) is 6.28. The molecular weight excluding hydrogens is 376 g/mol. The molecule has 0 aliphatic carbocycles. The zero-order valence-corrected chi connectivity index (χ0v) is 16.6. The Kier molecular flexibility index (Phi) is 8.35. The number of carboxylic acids is 1. The van der Waals surface area contributed by atoms with Crippen molar-refractivity contribution in [2.75, 3.05) is 31.6 Å². The molecule has 1 heterocycles. The molecule has 0 spiro atoms. The summed E-state index contributed by atoms with van der Waals surface area (Å²) in [5.74, 6) is -1.79. The number of likely N-dealkylation sites (N-methyl/N-ethyl adjacent to an activating group) is 1. The number of nitrogens with one attached hydrogen (secondary N) is 1. The molecule has 0 aliphatic heterocycles. The molecule has 156 valence electrons. The highest BCUT2D eigenvalue weighted by molar-refractivity contribution is 5.93. The lowest BCUT2D eigenvalue weighted by atomic mass is 10.2. The average molecular weight is 402 g/mol. The lowest BCUT2D eigenvalue weighted by molar-refractivity contribution is -0.116. The highest BCUT2D eigenvalue weighted by Crippen LogP contribution is 2.11. The van der Waals surface area contributed by atoms with Gasteiger partial charge in [0.05, 0.1) is 12.1 Å². The molecule has 2 aromatic rings. The molecule has 2 N–H and O–H groups in total. The van der Waals surface area contributed by atoms with Gasteiger partial charge in [0.1, 0.15) is 12.3 Å². The largest absolute Gasteiger partial charge is 0.477 e. The number of hydrogen-bond donors (Lipinski definition) is 2. The van der Waals surface area contributed by atoms with E-state index in [2.05, 4.69) is 29.2 Å². The lowest BCUT2D eigenvalue weighted by Crippen LogP contribution is -2.27. The minimum atomic E-state index is -1.09. The van der Waals surface area contributed by atoms with E-state index in [4.69, 9.17) is 9.84 Å². The number of nitrogens with zero attached hydrogens (tertiary/aromatic N) is 3. The Morgan fingerprint density at radius 2 is 1.83 bits per heavy atom.